The highest BCUT2D eigenvalue weighted by Gasteiger charge is 2.70. The van der Waals surface area contributed by atoms with E-state index in [1.807, 2.05) is 30.3 Å². The van der Waals surface area contributed by atoms with Gasteiger partial charge in [-0.1, -0.05) is 37.3 Å². The van der Waals surface area contributed by atoms with E-state index in [0.717, 1.165) is 16.9 Å². The molecular weight excluding hydrogens is 414 g/mol. The van der Waals surface area contributed by atoms with Crippen molar-refractivity contribution >= 4 is 27.3 Å². The number of methoxy groups -OCH3 is 1. The number of carboxylic acid groups (broad SMARTS) is 1. The Bertz CT molecular complexity index is 1160. The first-order chi connectivity index (χ1) is 13.8. The van der Waals surface area contributed by atoms with Crippen molar-refractivity contribution in [1.29, 1.82) is 0 Å². The van der Waals surface area contributed by atoms with Crippen molar-refractivity contribution in [2.75, 3.05) is 7.11 Å². The van der Waals surface area contributed by atoms with Crippen LogP contribution in [0.5, 0.6) is 5.75 Å². The molecule has 4 rings (SSSR count). The smallest absolute Gasteiger partial charge is 0.325 e. The number of hydrogen-bond donors (Lipinski definition) is 2. The van der Waals surface area contributed by atoms with Gasteiger partial charge in [0.05, 0.1) is 19.5 Å². The Morgan fingerprint density at radius 1 is 1.28 bits per heavy atom. The second-order valence-electron chi connectivity index (χ2n) is 6.87. The van der Waals surface area contributed by atoms with E-state index in [1.165, 1.54) is 24.1 Å². The molecule has 1 unspecified atom stereocenters. The van der Waals surface area contributed by atoms with Crippen LogP contribution in [0.25, 0.3) is 5.00 Å². The minimum absolute atomic E-state index is 0.0218. The molecule has 0 aliphatic heterocycles. The topological polar surface area (TPSA) is 111 Å². The van der Waals surface area contributed by atoms with Crippen LogP contribution >= 0.6 is 11.3 Å². The van der Waals surface area contributed by atoms with E-state index >= 15 is 0 Å². The molecule has 1 aliphatic carbocycles. The van der Waals surface area contributed by atoms with Gasteiger partial charge in [-0.2, -0.15) is 9.82 Å². The average molecular weight is 434 g/mol. The van der Waals surface area contributed by atoms with Gasteiger partial charge < -0.3 is 9.84 Å². The lowest BCUT2D eigenvalue weighted by molar-refractivity contribution is -0.140. The summed E-state index contributed by atoms with van der Waals surface area (Å²) in [6, 6.07) is 12.1. The molecule has 1 fully saturated rings. The number of nitrogens with zero attached hydrogens (tertiary/aromatic N) is 2. The van der Waals surface area contributed by atoms with Gasteiger partial charge in [0.25, 0.3) is 10.0 Å². The van der Waals surface area contributed by atoms with Crippen molar-refractivity contribution in [3.05, 3.63) is 60.4 Å². The number of thiophene rings is 1. The second-order valence-corrected chi connectivity index (χ2v) is 9.85. The summed E-state index contributed by atoms with van der Waals surface area (Å²) in [7, 11) is -2.53. The summed E-state index contributed by atoms with van der Waals surface area (Å²) in [5, 5.41) is 14.6. The van der Waals surface area contributed by atoms with Gasteiger partial charge in [-0.15, -0.1) is 11.3 Å². The van der Waals surface area contributed by atoms with Crippen LogP contribution in [-0.2, 0) is 14.8 Å². The largest absolute Gasteiger partial charge is 0.493 e. The predicted molar refractivity (Wildman–Crippen MR) is 107 cm³/mol. The first-order valence-electron chi connectivity index (χ1n) is 8.81. The summed E-state index contributed by atoms with van der Waals surface area (Å²) < 4.78 is 35.1. The summed E-state index contributed by atoms with van der Waals surface area (Å²) in [6.45, 7) is 1.74. The van der Waals surface area contributed by atoms with Gasteiger partial charge >= 0.3 is 5.97 Å². The third-order valence-electron chi connectivity index (χ3n) is 5.27. The SMILES string of the molecule is COc1cnn(-c2ccc(S(=O)(=O)N[C@@]3(C(=O)O)C(C)[C@@H]3c3ccccc3)s2)c1. The maximum absolute atomic E-state index is 13.0. The quantitative estimate of drug-likeness (QED) is 0.592. The summed E-state index contributed by atoms with van der Waals surface area (Å²) in [6.07, 6.45) is 3.14. The van der Waals surface area contributed by atoms with E-state index in [2.05, 4.69) is 9.82 Å². The van der Waals surface area contributed by atoms with Gasteiger partial charge in [-0.05, 0) is 23.6 Å². The molecule has 10 heteroatoms. The van der Waals surface area contributed by atoms with Crippen molar-refractivity contribution in [3.63, 3.8) is 0 Å². The standard InChI is InChI=1S/C19H19N3O5S2/c1-12-17(13-6-4-3-5-7-13)19(12,18(23)24)21-29(25,26)16-9-8-15(28-16)22-11-14(27-2)10-20-22/h3-12,17,21H,1-2H3,(H,23,24)/t12?,17-,19+/m1/s1. The molecule has 0 radical (unpaired) electrons. The van der Waals surface area contributed by atoms with Gasteiger partial charge in [0.2, 0.25) is 0 Å². The first-order valence-corrected chi connectivity index (χ1v) is 11.1. The van der Waals surface area contributed by atoms with E-state index in [1.54, 1.807) is 19.2 Å². The molecule has 3 aromatic rings. The van der Waals surface area contributed by atoms with Crippen LogP contribution in [0.15, 0.2) is 59.1 Å². The number of sulfonamides is 1. The van der Waals surface area contributed by atoms with Gasteiger partial charge in [0.15, 0.2) is 5.75 Å². The molecule has 8 nitrogen and oxygen atoms in total. The zero-order valence-corrected chi connectivity index (χ0v) is 17.3. The zero-order chi connectivity index (χ0) is 20.8. The molecule has 1 saturated carbocycles. The van der Waals surface area contributed by atoms with Crippen molar-refractivity contribution in [2.45, 2.75) is 22.6 Å². The van der Waals surface area contributed by atoms with Crippen LogP contribution < -0.4 is 9.46 Å². The fourth-order valence-electron chi connectivity index (χ4n) is 3.68. The number of hydrogen-bond acceptors (Lipinski definition) is 6. The molecule has 29 heavy (non-hydrogen) atoms. The fourth-order valence-corrected chi connectivity index (χ4v) is 6.37. The lowest BCUT2D eigenvalue weighted by Gasteiger charge is -2.15. The summed E-state index contributed by atoms with van der Waals surface area (Å²) in [5.74, 6) is -1.46. The van der Waals surface area contributed by atoms with E-state index in [9.17, 15) is 18.3 Å². The number of aromatic nitrogens is 2. The molecule has 152 valence electrons. The summed E-state index contributed by atoms with van der Waals surface area (Å²) in [4.78, 5) is 12.1. The van der Waals surface area contributed by atoms with Crippen molar-refractivity contribution in [1.82, 2.24) is 14.5 Å². The van der Waals surface area contributed by atoms with Gasteiger partial charge in [0.1, 0.15) is 14.7 Å². The van der Waals surface area contributed by atoms with Gasteiger partial charge in [-0.3, -0.25) is 4.79 Å². The second kappa shape index (κ2) is 6.97. The molecule has 0 spiro atoms. The van der Waals surface area contributed by atoms with Crippen LogP contribution in [-0.4, -0.2) is 41.9 Å². The molecule has 3 atom stereocenters. The molecule has 0 bridgehead atoms. The third kappa shape index (κ3) is 3.22. The zero-order valence-electron chi connectivity index (χ0n) is 15.6. The Labute approximate surface area is 171 Å². The molecule has 1 aromatic carbocycles. The number of rotatable bonds is 7. The summed E-state index contributed by atoms with van der Waals surface area (Å²) in [5.41, 5.74) is -0.778. The Balaban J connectivity index is 1.63. The van der Waals surface area contributed by atoms with E-state index in [0.29, 0.717) is 10.8 Å². The molecule has 2 aromatic heterocycles. The third-order valence-corrected chi connectivity index (χ3v) is 8.32. The number of aliphatic carboxylic acids is 1. The molecule has 0 saturated heterocycles. The highest BCUT2D eigenvalue weighted by molar-refractivity contribution is 7.91. The van der Waals surface area contributed by atoms with E-state index < -0.39 is 27.4 Å². The van der Waals surface area contributed by atoms with Crippen LogP contribution in [0, 0.1) is 5.92 Å². The lowest BCUT2D eigenvalue weighted by atomic mass is 10.1. The Kier molecular flexibility index (Phi) is 4.72. The highest BCUT2D eigenvalue weighted by Crippen LogP contribution is 2.58. The van der Waals surface area contributed by atoms with Crippen molar-refractivity contribution in [3.8, 4) is 10.8 Å². The van der Waals surface area contributed by atoms with Crippen LogP contribution in [0.4, 0.5) is 0 Å². The normalized spacial score (nSPS) is 23.7. The maximum Gasteiger partial charge on any atom is 0.325 e. The number of ether oxygens (including phenoxy) is 1. The Hall–Kier alpha value is -2.69. The van der Waals surface area contributed by atoms with Gasteiger partial charge in [0, 0.05) is 5.92 Å². The van der Waals surface area contributed by atoms with E-state index in [4.69, 9.17) is 4.74 Å². The fraction of sp³-hybridized carbons (Fsp3) is 0.263. The lowest BCUT2D eigenvalue weighted by Crippen LogP contribution is -2.45. The number of carbonyl (C=O) groups is 1. The Morgan fingerprint density at radius 3 is 2.62 bits per heavy atom. The highest BCUT2D eigenvalue weighted by atomic mass is 32.2. The summed E-state index contributed by atoms with van der Waals surface area (Å²) >= 11 is 0.997. The minimum atomic E-state index is -4.04. The van der Waals surface area contributed by atoms with Gasteiger partial charge in [-0.25, -0.2) is 13.1 Å². The number of carboxylic acids is 1. The molecule has 0 amide bonds. The molecule has 2 N–H and O–H groups in total. The molecule has 1 aliphatic rings. The van der Waals surface area contributed by atoms with E-state index in [-0.39, 0.29) is 10.1 Å². The average Bonchev–Trinajstić information content (AvgIpc) is 3.13. The Morgan fingerprint density at radius 2 is 2.00 bits per heavy atom. The predicted octanol–water partition coefficient (Wildman–Crippen LogP) is 2.48. The van der Waals surface area contributed by atoms with Crippen LogP contribution in [0.1, 0.15) is 18.4 Å². The first kappa shape index (κ1) is 19.6. The van der Waals surface area contributed by atoms with Crippen LogP contribution in [0.2, 0.25) is 0 Å². The maximum atomic E-state index is 13.0. The molecule has 2 heterocycles. The number of benzene rings is 1. The molecular formula is C19H19N3O5S2. The van der Waals surface area contributed by atoms with Crippen molar-refractivity contribution in [2.24, 2.45) is 5.92 Å². The van der Waals surface area contributed by atoms with Crippen LogP contribution in [0.3, 0.4) is 0 Å². The van der Waals surface area contributed by atoms with Crippen molar-refractivity contribution < 1.29 is 23.1 Å². The number of nitrogens with one attached hydrogen (secondary N) is 1. The minimum Gasteiger partial charge on any atom is -0.493 e. The monoisotopic (exact) mass is 433 g/mol.